The summed E-state index contributed by atoms with van der Waals surface area (Å²) in [7, 11) is 0. The van der Waals surface area contributed by atoms with Crippen molar-refractivity contribution in [3.63, 3.8) is 0 Å². The largest absolute Gasteiger partial charge is 0.481 e. The molecule has 1 atom stereocenters. The van der Waals surface area contributed by atoms with E-state index < -0.39 is 11.9 Å². The Morgan fingerprint density at radius 2 is 1.86 bits per heavy atom. The van der Waals surface area contributed by atoms with Crippen LogP contribution in [0.15, 0.2) is 18.2 Å². The molecule has 0 aliphatic carbocycles. The Balaban J connectivity index is 3.10. The third-order valence-electron chi connectivity index (χ3n) is 2.11. The van der Waals surface area contributed by atoms with Gasteiger partial charge in [0.15, 0.2) is 0 Å². The summed E-state index contributed by atoms with van der Waals surface area (Å²) in [6.45, 7) is 1.82. The highest BCUT2D eigenvalue weighted by molar-refractivity contribution is 5.77. The Hall–Kier alpha value is -1.71. The molecule has 1 rings (SSSR count). The van der Waals surface area contributed by atoms with Crippen LogP contribution in [0.1, 0.15) is 24.8 Å². The van der Waals surface area contributed by atoms with Gasteiger partial charge in [0.05, 0.1) is 5.92 Å². The van der Waals surface area contributed by atoms with Gasteiger partial charge in [0.2, 0.25) is 0 Å². The molecule has 1 aromatic rings. The zero-order chi connectivity index (χ0) is 10.7. The lowest BCUT2D eigenvalue weighted by Gasteiger charge is -2.11. The summed E-state index contributed by atoms with van der Waals surface area (Å²) >= 11 is 0. The van der Waals surface area contributed by atoms with Gasteiger partial charge in [-0.15, -0.1) is 0 Å². The summed E-state index contributed by atoms with van der Waals surface area (Å²) in [6, 6.07) is 4.91. The Bertz CT molecular complexity index is 330. The number of hydrogen-bond donors (Lipinski definition) is 3. The first-order valence-corrected chi connectivity index (χ1v) is 4.43. The molecule has 1 aromatic carbocycles. The number of anilines is 2. The highest BCUT2D eigenvalue weighted by atomic mass is 16.4. The third-order valence-corrected chi connectivity index (χ3v) is 2.11. The van der Waals surface area contributed by atoms with Gasteiger partial charge in [-0.2, -0.15) is 0 Å². The highest BCUT2D eigenvalue weighted by Crippen LogP contribution is 2.24. The molecule has 0 radical (unpaired) electrons. The fraction of sp³-hybridized carbons (Fsp3) is 0.300. The smallest absolute Gasteiger partial charge is 0.310 e. The fourth-order valence-corrected chi connectivity index (χ4v) is 1.46. The number of nitrogens with two attached hydrogens (primary N) is 2. The van der Waals surface area contributed by atoms with Gasteiger partial charge in [-0.1, -0.05) is 6.92 Å². The maximum absolute atomic E-state index is 10.9. The Morgan fingerprint density at radius 1 is 1.36 bits per heavy atom. The summed E-state index contributed by atoms with van der Waals surface area (Å²) in [5.74, 6) is -1.38. The van der Waals surface area contributed by atoms with Crippen molar-refractivity contribution in [3.05, 3.63) is 23.8 Å². The van der Waals surface area contributed by atoms with Crippen LogP contribution in [-0.4, -0.2) is 11.1 Å². The number of nitrogen functional groups attached to an aromatic ring is 2. The van der Waals surface area contributed by atoms with Gasteiger partial charge in [-0.3, -0.25) is 4.79 Å². The van der Waals surface area contributed by atoms with E-state index >= 15 is 0 Å². The number of hydrogen-bond acceptors (Lipinski definition) is 3. The van der Waals surface area contributed by atoms with Crippen LogP contribution in [-0.2, 0) is 4.79 Å². The summed E-state index contributed by atoms with van der Waals surface area (Å²) in [6.07, 6.45) is 0.526. The minimum absolute atomic E-state index is 0.500. The second-order valence-electron chi connectivity index (χ2n) is 3.23. The van der Waals surface area contributed by atoms with Crippen LogP contribution in [0, 0.1) is 0 Å². The minimum Gasteiger partial charge on any atom is -0.481 e. The quantitative estimate of drug-likeness (QED) is 0.635. The second kappa shape index (κ2) is 4.00. The summed E-state index contributed by atoms with van der Waals surface area (Å²) in [5.41, 5.74) is 12.8. The van der Waals surface area contributed by atoms with Crippen molar-refractivity contribution in [1.29, 1.82) is 0 Å². The fourth-order valence-electron chi connectivity index (χ4n) is 1.46. The van der Waals surface area contributed by atoms with Crippen molar-refractivity contribution in [2.45, 2.75) is 19.3 Å². The highest BCUT2D eigenvalue weighted by Gasteiger charge is 2.17. The van der Waals surface area contributed by atoms with Gasteiger partial charge in [0.1, 0.15) is 0 Å². The van der Waals surface area contributed by atoms with Crippen LogP contribution in [0.25, 0.3) is 0 Å². The molecule has 0 fully saturated rings. The number of benzene rings is 1. The van der Waals surface area contributed by atoms with Gasteiger partial charge in [-0.25, -0.2) is 0 Å². The molecule has 0 aliphatic rings. The predicted octanol–water partition coefficient (Wildman–Crippen LogP) is 1.43. The molecule has 1 unspecified atom stereocenters. The lowest BCUT2D eigenvalue weighted by atomic mass is 9.96. The Kier molecular flexibility index (Phi) is 2.96. The van der Waals surface area contributed by atoms with Gasteiger partial charge in [-0.05, 0) is 30.2 Å². The molecule has 14 heavy (non-hydrogen) atoms. The number of aliphatic carboxylic acids is 1. The van der Waals surface area contributed by atoms with Crippen LogP contribution in [0.4, 0.5) is 11.4 Å². The monoisotopic (exact) mass is 194 g/mol. The molecule has 0 bridgehead atoms. The number of carboxylic acid groups (broad SMARTS) is 1. The van der Waals surface area contributed by atoms with Crippen molar-refractivity contribution < 1.29 is 9.90 Å². The van der Waals surface area contributed by atoms with E-state index in [4.69, 9.17) is 16.6 Å². The SMILES string of the molecule is CCC(C(=O)O)c1cc(N)cc(N)c1. The summed E-state index contributed by atoms with van der Waals surface area (Å²) < 4.78 is 0. The molecular weight excluding hydrogens is 180 g/mol. The van der Waals surface area contributed by atoms with Crippen molar-refractivity contribution in [3.8, 4) is 0 Å². The number of carboxylic acids is 1. The number of carbonyl (C=O) groups is 1. The minimum atomic E-state index is -0.850. The lowest BCUT2D eigenvalue weighted by Crippen LogP contribution is -2.11. The molecular formula is C10H14N2O2. The van der Waals surface area contributed by atoms with Crippen LogP contribution >= 0.6 is 0 Å². The average molecular weight is 194 g/mol. The van der Waals surface area contributed by atoms with E-state index in [0.717, 1.165) is 0 Å². The molecule has 0 saturated carbocycles. The molecule has 0 saturated heterocycles. The molecule has 0 amide bonds. The molecule has 4 heteroatoms. The summed E-state index contributed by atoms with van der Waals surface area (Å²) in [4.78, 5) is 10.9. The van der Waals surface area contributed by atoms with E-state index in [1.54, 1.807) is 18.2 Å². The van der Waals surface area contributed by atoms with Crippen LogP contribution in [0.5, 0.6) is 0 Å². The van der Waals surface area contributed by atoms with E-state index in [1.807, 2.05) is 6.92 Å². The van der Waals surface area contributed by atoms with Crippen molar-refractivity contribution in [2.24, 2.45) is 0 Å². The maximum atomic E-state index is 10.9. The van der Waals surface area contributed by atoms with Gasteiger partial charge < -0.3 is 16.6 Å². The molecule has 0 aromatic heterocycles. The average Bonchev–Trinajstić information content (AvgIpc) is 2.02. The van der Waals surface area contributed by atoms with Crippen LogP contribution < -0.4 is 11.5 Å². The summed E-state index contributed by atoms with van der Waals surface area (Å²) in [5, 5.41) is 8.93. The third kappa shape index (κ3) is 2.16. The first-order chi connectivity index (χ1) is 6.54. The zero-order valence-electron chi connectivity index (χ0n) is 8.03. The lowest BCUT2D eigenvalue weighted by molar-refractivity contribution is -0.138. The first-order valence-electron chi connectivity index (χ1n) is 4.43. The normalized spacial score (nSPS) is 12.4. The van der Waals surface area contributed by atoms with Gasteiger partial charge in [0, 0.05) is 11.4 Å². The van der Waals surface area contributed by atoms with Gasteiger partial charge >= 0.3 is 5.97 Å². The van der Waals surface area contributed by atoms with E-state index in [-0.39, 0.29) is 0 Å². The molecule has 0 spiro atoms. The maximum Gasteiger partial charge on any atom is 0.310 e. The van der Waals surface area contributed by atoms with Crippen LogP contribution in [0.2, 0.25) is 0 Å². The zero-order valence-corrected chi connectivity index (χ0v) is 8.03. The molecule has 0 aliphatic heterocycles. The molecule has 5 N–H and O–H groups in total. The van der Waals surface area contributed by atoms with E-state index in [1.165, 1.54) is 0 Å². The van der Waals surface area contributed by atoms with Crippen molar-refractivity contribution >= 4 is 17.3 Å². The first kappa shape index (κ1) is 10.4. The Morgan fingerprint density at radius 3 is 2.21 bits per heavy atom. The second-order valence-corrected chi connectivity index (χ2v) is 3.23. The van der Waals surface area contributed by atoms with Crippen molar-refractivity contribution in [2.75, 3.05) is 11.5 Å². The standard InChI is InChI=1S/C10H14N2O2/c1-2-9(10(13)14)6-3-7(11)5-8(12)4-6/h3-5,9H,2,11-12H2,1H3,(H,13,14). The van der Waals surface area contributed by atoms with Crippen LogP contribution in [0.3, 0.4) is 0 Å². The molecule has 0 heterocycles. The molecule has 76 valence electrons. The van der Waals surface area contributed by atoms with E-state index in [2.05, 4.69) is 0 Å². The predicted molar refractivity (Wildman–Crippen MR) is 55.9 cm³/mol. The topological polar surface area (TPSA) is 89.3 Å². The van der Waals surface area contributed by atoms with Crippen molar-refractivity contribution in [1.82, 2.24) is 0 Å². The Labute approximate surface area is 82.5 Å². The van der Waals surface area contributed by atoms with Gasteiger partial charge in [0.25, 0.3) is 0 Å². The molecule has 4 nitrogen and oxygen atoms in total. The van der Waals surface area contributed by atoms with E-state index in [9.17, 15) is 4.79 Å². The van der Waals surface area contributed by atoms with E-state index in [0.29, 0.717) is 23.4 Å². The number of rotatable bonds is 3.